The van der Waals surface area contributed by atoms with E-state index in [1.165, 1.54) is 17.8 Å². The van der Waals surface area contributed by atoms with Crippen molar-refractivity contribution in [1.29, 1.82) is 0 Å². The second-order valence-corrected chi connectivity index (χ2v) is 7.59. The molecule has 0 aliphatic carbocycles. The molecular weight excluding hydrogens is 287 g/mol. The normalized spacial score (nSPS) is 12.1. The van der Waals surface area contributed by atoms with Gasteiger partial charge in [0.15, 0.2) is 11.4 Å². The number of hydrogen-bond acceptors (Lipinski definition) is 3. The van der Waals surface area contributed by atoms with Gasteiger partial charge in [0.1, 0.15) is 0 Å². The molecule has 2 nitrogen and oxygen atoms in total. The third kappa shape index (κ3) is 2.95. The zero-order valence-corrected chi connectivity index (χ0v) is 12.7. The summed E-state index contributed by atoms with van der Waals surface area (Å²) in [5, 5.41) is 0.863. The van der Waals surface area contributed by atoms with Gasteiger partial charge in [0.05, 0.1) is 9.92 Å². The lowest BCUT2D eigenvalue weighted by atomic mass is 10.1. The Morgan fingerprint density at radius 1 is 1.32 bits per heavy atom. The monoisotopic (exact) mass is 300 g/mol. The van der Waals surface area contributed by atoms with Crippen LogP contribution < -0.4 is 5.63 Å². The van der Waals surface area contributed by atoms with Crippen LogP contribution in [0, 0.1) is 12.7 Å². The Bertz CT molecular complexity index is 701. The Morgan fingerprint density at radius 3 is 2.53 bits per heavy atom. The molecule has 0 bridgehead atoms. The Morgan fingerprint density at radius 2 is 1.95 bits per heavy atom. The molecule has 0 aliphatic rings. The highest BCUT2D eigenvalue weighted by molar-refractivity contribution is 8.00. The molecule has 0 aliphatic heterocycles. The third-order valence-electron chi connectivity index (χ3n) is 2.50. The first-order chi connectivity index (χ1) is 8.69. The third-order valence-corrected chi connectivity index (χ3v) is 4.13. The molecule has 0 saturated carbocycles. The van der Waals surface area contributed by atoms with Crippen molar-refractivity contribution >= 4 is 34.3 Å². The van der Waals surface area contributed by atoms with E-state index in [4.69, 9.17) is 16.0 Å². The summed E-state index contributed by atoms with van der Waals surface area (Å²) in [6.07, 6.45) is 0. The maximum atomic E-state index is 14.5. The van der Waals surface area contributed by atoms with Crippen LogP contribution in [0.3, 0.4) is 0 Å². The molecule has 2 rings (SSSR count). The first-order valence-corrected chi connectivity index (χ1v) is 7.00. The number of benzene rings is 1. The number of thioether (sulfide) groups is 1. The van der Waals surface area contributed by atoms with Gasteiger partial charge in [-0.25, -0.2) is 9.18 Å². The van der Waals surface area contributed by atoms with Gasteiger partial charge in [-0.3, -0.25) is 0 Å². The highest BCUT2D eigenvalue weighted by Crippen LogP contribution is 2.41. The van der Waals surface area contributed by atoms with E-state index in [1.807, 2.05) is 20.8 Å². The largest absolute Gasteiger partial charge is 0.420 e. The topological polar surface area (TPSA) is 30.2 Å². The fourth-order valence-corrected chi connectivity index (χ4v) is 3.02. The number of fused-ring (bicyclic) bond motifs is 1. The first-order valence-electron chi connectivity index (χ1n) is 5.80. The Kier molecular flexibility index (Phi) is 3.67. The lowest BCUT2D eigenvalue weighted by molar-refractivity contribution is 0.514. The van der Waals surface area contributed by atoms with Crippen LogP contribution in [0.25, 0.3) is 11.0 Å². The zero-order valence-electron chi connectivity index (χ0n) is 11.1. The fourth-order valence-electron chi connectivity index (χ4n) is 1.76. The summed E-state index contributed by atoms with van der Waals surface area (Å²) >= 11 is 7.46. The molecule has 0 N–H and O–H groups in total. The number of hydrogen-bond donors (Lipinski definition) is 0. The van der Waals surface area contributed by atoms with E-state index < -0.39 is 11.4 Å². The van der Waals surface area contributed by atoms with E-state index in [9.17, 15) is 9.18 Å². The van der Waals surface area contributed by atoms with E-state index in [1.54, 1.807) is 13.0 Å². The maximum Gasteiger partial charge on any atom is 0.336 e. The summed E-state index contributed by atoms with van der Waals surface area (Å²) < 4.78 is 19.3. The number of rotatable bonds is 1. The highest BCUT2D eigenvalue weighted by atomic mass is 35.5. The molecule has 1 heterocycles. The molecular formula is C14H14ClFO2S. The Balaban J connectivity index is 2.78. The summed E-state index contributed by atoms with van der Waals surface area (Å²) in [6, 6.07) is 2.97. The van der Waals surface area contributed by atoms with E-state index in [0.717, 1.165) is 0 Å². The fraction of sp³-hybridized carbons (Fsp3) is 0.357. The van der Waals surface area contributed by atoms with Crippen LogP contribution in [0.2, 0.25) is 5.02 Å². The van der Waals surface area contributed by atoms with Crippen LogP contribution in [-0.2, 0) is 0 Å². The molecule has 2 aromatic rings. The molecule has 19 heavy (non-hydrogen) atoms. The smallest absolute Gasteiger partial charge is 0.336 e. The van der Waals surface area contributed by atoms with E-state index >= 15 is 0 Å². The predicted octanol–water partition coefficient (Wildman–Crippen LogP) is 4.78. The van der Waals surface area contributed by atoms with Crippen molar-refractivity contribution in [2.75, 3.05) is 0 Å². The molecule has 0 saturated heterocycles. The molecule has 1 aromatic heterocycles. The molecule has 0 atom stereocenters. The van der Waals surface area contributed by atoms with Gasteiger partial charge in [-0.1, -0.05) is 32.4 Å². The van der Waals surface area contributed by atoms with Crippen LogP contribution in [0.5, 0.6) is 0 Å². The predicted molar refractivity (Wildman–Crippen MR) is 77.8 cm³/mol. The van der Waals surface area contributed by atoms with Gasteiger partial charge in [-0.15, -0.1) is 11.8 Å². The van der Waals surface area contributed by atoms with E-state index in [0.29, 0.717) is 20.9 Å². The summed E-state index contributed by atoms with van der Waals surface area (Å²) in [7, 11) is 0. The van der Waals surface area contributed by atoms with Gasteiger partial charge in [0, 0.05) is 16.2 Å². The van der Waals surface area contributed by atoms with Crippen molar-refractivity contribution in [2.45, 2.75) is 37.3 Å². The maximum absolute atomic E-state index is 14.5. The molecule has 102 valence electrons. The van der Waals surface area contributed by atoms with Gasteiger partial charge in [-0.05, 0) is 18.6 Å². The minimum Gasteiger partial charge on any atom is -0.420 e. The molecule has 1 aromatic carbocycles. The average Bonchev–Trinajstić information content (AvgIpc) is 2.25. The van der Waals surface area contributed by atoms with Gasteiger partial charge in [0.2, 0.25) is 0 Å². The summed E-state index contributed by atoms with van der Waals surface area (Å²) in [4.78, 5) is 11.7. The second kappa shape index (κ2) is 4.84. The van der Waals surface area contributed by atoms with Crippen molar-refractivity contribution in [3.8, 4) is 0 Å². The van der Waals surface area contributed by atoms with Crippen LogP contribution in [-0.4, -0.2) is 4.75 Å². The molecule has 0 unspecified atom stereocenters. The van der Waals surface area contributed by atoms with Crippen molar-refractivity contribution in [2.24, 2.45) is 0 Å². The van der Waals surface area contributed by atoms with Crippen LogP contribution >= 0.6 is 23.4 Å². The van der Waals surface area contributed by atoms with Crippen LogP contribution in [0.4, 0.5) is 4.39 Å². The SMILES string of the molecule is Cc1cc(=O)oc2c(F)c(SC(C)(C)C)c(Cl)cc12. The lowest BCUT2D eigenvalue weighted by Gasteiger charge is -2.19. The Labute approximate surface area is 119 Å². The first kappa shape index (κ1) is 14.4. The van der Waals surface area contributed by atoms with Gasteiger partial charge >= 0.3 is 5.63 Å². The minimum atomic E-state index is -0.566. The number of halogens is 2. The highest BCUT2D eigenvalue weighted by Gasteiger charge is 2.22. The van der Waals surface area contributed by atoms with Gasteiger partial charge in [-0.2, -0.15) is 0 Å². The standard InChI is InChI=1S/C14H14ClFO2S/c1-7-5-10(17)18-12-8(7)6-9(15)13(11(12)16)19-14(2,3)4/h5-6H,1-4H3. The average molecular weight is 301 g/mol. The van der Waals surface area contributed by atoms with Crippen LogP contribution in [0.15, 0.2) is 26.2 Å². The summed E-state index contributed by atoms with van der Waals surface area (Å²) in [5.74, 6) is -0.566. The van der Waals surface area contributed by atoms with Gasteiger partial charge in [0.25, 0.3) is 0 Å². The van der Waals surface area contributed by atoms with Crippen molar-refractivity contribution < 1.29 is 8.81 Å². The van der Waals surface area contributed by atoms with Crippen molar-refractivity contribution in [1.82, 2.24) is 0 Å². The molecule has 0 radical (unpaired) electrons. The zero-order chi connectivity index (χ0) is 14.4. The van der Waals surface area contributed by atoms with Crippen molar-refractivity contribution in [3.63, 3.8) is 0 Å². The second-order valence-electron chi connectivity index (χ2n) is 5.34. The van der Waals surface area contributed by atoms with Crippen LogP contribution in [0.1, 0.15) is 26.3 Å². The molecule has 0 amide bonds. The molecule has 0 fully saturated rings. The molecule has 5 heteroatoms. The minimum absolute atomic E-state index is 0.0267. The van der Waals surface area contributed by atoms with Crippen molar-refractivity contribution in [3.05, 3.63) is 39.0 Å². The van der Waals surface area contributed by atoms with Gasteiger partial charge < -0.3 is 4.42 Å². The quantitative estimate of drug-likeness (QED) is 0.560. The summed E-state index contributed by atoms with van der Waals surface area (Å²) in [5.41, 5.74) is 0.0680. The summed E-state index contributed by atoms with van der Waals surface area (Å²) in [6.45, 7) is 7.61. The molecule has 0 spiro atoms. The Hall–Kier alpha value is -1.00. The van der Waals surface area contributed by atoms with E-state index in [2.05, 4.69) is 0 Å². The lowest BCUT2D eigenvalue weighted by Crippen LogP contribution is -2.08. The number of aryl methyl sites for hydroxylation is 1. The van der Waals surface area contributed by atoms with E-state index in [-0.39, 0.29) is 10.3 Å².